The van der Waals surface area contributed by atoms with Crippen molar-refractivity contribution in [3.63, 3.8) is 0 Å². The zero-order chi connectivity index (χ0) is 15.2. The second-order valence-electron chi connectivity index (χ2n) is 5.08. The Morgan fingerprint density at radius 2 is 2.10 bits per heavy atom. The Morgan fingerprint density at radius 1 is 1.40 bits per heavy atom. The molecule has 1 aliphatic rings. The molecule has 1 saturated heterocycles. The van der Waals surface area contributed by atoms with E-state index < -0.39 is 9.84 Å². The van der Waals surface area contributed by atoms with Crippen LogP contribution in [0.25, 0.3) is 0 Å². The molecule has 7 nitrogen and oxygen atoms in total. The van der Waals surface area contributed by atoms with E-state index in [1.165, 1.54) is 7.11 Å². The number of methoxy groups -OCH3 is 1. The van der Waals surface area contributed by atoms with Gasteiger partial charge in [0.25, 0.3) is 0 Å². The molecule has 0 saturated carbocycles. The fraction of sp³-hybridized carbons (Fsp3) is 0.833. The van der Waals surface area contributed by atoms with Crippen LogP contribution >= 0.6 is 0 Å². The predicted molar refractivity (Wildman–Crippen MR) is 73.9 cm³/mol. The van der Waals surface area contributed by atoms with Gasteiger partial charge >= 0.3 is 5.97 Å². The molecule has 0 aromatic heterocycles. The van der Waals surface area contributed by atoms with Crippen LogP contribution in [0, 0.1) is 0 Å². The van der Waals surface area contributed by atoms with E-state index in [0.717, 1.165) is 0 Å². The third kappa shape index (κ3) is 6.33. The van der Waals surface area contributed by atoms with Gasteiger partial charge in [-0.05, 0) is 26.4 Å². The number of carbonyl (C=O) groups is 2. The molecule has 0 aromatic rings. The van der Waals surface area contributed by atoms with Crippen molar-refractivity contribution in [3.05, 3.63) is 0 Å². The molecule has 1 unspecified atom stereocenters. The quantitative estimate of drug-likeness (QED) is 0.618. The second kappa shape index (κ2) is 7.58. The lowest BCUT2D eigenvalue weighted by Gasteiger charge is -2.17. The van der Waals surface area contributed by atoms with Crippen LogP contribution in [0.2, 0.25) is 0 Å². The summed E-state index contributed by atoms with van der Waals surface area (Å²) in [5, 5.41) is 2.72. The molecule has 8 heteroatoms. The van der Waals surface area contributed by atoms with Gasteiger partial charge in [-0.15, -0.1) is 0 Å². The lowest BCUT2D eigenvalue weighted by Crippen LogP contribution is -2.41. The molecule has 0 radical (unpaired) electrons. The fourth-order valence-corrected chi connectivity index (χ4v) is 3.78. The maximum Gasteiger partial charge on any atom is 0.305 e. The molecule has 1 rings (SSSR count). The summed E-state index contributed by atoms with van der Waals surface area (Å²) in [5.41, 5.74) is 0. The largest absolute Gasteiger partial charge is 0.469 e. The minimum absolute atomic E-state index is 0.0325. The smallest absolute Gasteiger partial charge is 0.305 e. The van der Waals surface area contributed by atoms with E-state index in [9.17, 15) is 18.0 Å². The van der Waals surface area contributed by atoms with Crippen molar-refractivity contribution < 1.29 is 22.7 Å². The van der Waals surface area contributed by atoms with E-state index >= 15 is 0 Å². The van der Waals surface area contributed by atoms with E-state index in [2.05, 4.69) is 10.1 Å². The normalized spacial score (nSPS) is 20.9. The van der Waals surface area contributed by atoms with Gasteiger partial charge in [0.1, 0.15) is 0 Å². The van der Waals surface area contributed by atoms with Gasteiger partial charge in [-0.1, -0.05) is 0 Å². The second-order valence-corrected chi connectivity index (χ2v) is 7.31. The van der Waals surface area contributed by atoms with Crippen molar-refractivity contribution in [2.45, 2.75) is 25.3 Å². The average Bonchev–Trinajstić information content (AvgIpc) is 2.67. The van der Waals surface area contributed by atoms with Crippen LogP contribution in [0.3, 0.4) is 0 Å². The Balaban J connectivity index is 2.20. The molecule has 20 heavy (non-hydrogen) atoms. The van der Waals surface area contributed by atoms with Crippen LogP contribution in [0.4, 0.5) is 0 Å². The molecule has 1 aliphatic heterocycles. The van der Waals surface area contributed by atoms with E-state index in [0.29, 0.717) is 25.8 Å². The van der Waals surface area contributed by atoms with Crippen LogP contribution in [-0.2, 0) is 24.2 Å². The molecular weight excluding hydrogens is 284 g/mol. The summed E-state index contributed by atoms with van der Waals surface area (Å²) in [6, 6.07) is -0.268. The summed E-state index contributed by atoms with van der Waals surface area (Å²) >= 11 is 0. The number of amides is 1. The number of nitrogens with one attached hydrogen (secondary N) is 1. The first-order valence-corrected chi connectivity index (χ1v) is 8.39. The highest BCUT2D eigenvalue weighted by atomic mass is 32.2. The standard InChI is InChI=1S/C12H22N2O5S/c1-14(6-3-4-12(16)19-2)8-11(15)13-10-5-7-20(17,18)9-10/h10H,3-9H2,1-2H3,(H,13,15). The summed E-state index contributed by atoms with van der Waals surface area (Å²) in [6.07, 6.45) is 1.43. The van der Waals surface area contributed by atoms with Crippen molar-refractivity contribution in [2.75, 3.05) is 38.8 Å². The first-order valence-electron chi connectivity index (χ1n) is 6.57. The molecule has 1 N–H and O–H groups in total. The first kappa shape index (κ1) is 16.9. The fourth-order valence-electron chi connectivity index (χ4n) is 2.10. The van der Waals surface area contributed by atoms with Gasteiger partial charge in [-0.3, -0.25) is 14.5 Å². The van der Waals surface area contributed by atoms with Crippen LogP contribution < -0.4 is 5.32 Å². The highest BCUT2D eigenvalue weighted by molar-refractivity contribution is 7.91. The third-order valence-electron chi connectivity index (χ3n) is 3.16. The van der Waals surface area contributed by atoms with E-state index in [1.54, 1.807) is 11.9 Å². The van der Waals surface area contributed by atoms with E-state index in [1.807, 2.05) is 0 Å². The van der Waals surface area contributed by atoms with Gasteiger partial charge < -0.3 is 10.1 Å². The predicted octanol–water partition coefficient (Wildman–Crippen LogP) is -0.825. The van der Waals surface area contributed by atoms with Crippen molar-refractivity contribution >= 4 is 21.7 Å². The molecule has 0 bridgehead atoms. The van der Waals surface area contributed by atoms with Crippen LogP contribution in [0.15, 0.2) is 0 Å². The van der Waals surface area contributed by atoms with Crippen molar-refractivity contribution in [1.82, 2.24) is 10.2 Å². The zero-order valence-electron chi connectivity index (χ0n) is 11.9. The molecule has 0 aliphatic carbocycles. The molecule has 1 amide bonds. The molecule has 1 heterocycles. The number of sulfone groups is 1. The van der Waals surface area contributed by atoms with Gasteiger partial charge in [0, 0.05) is 12.5 Å². The Labute approximate surface area is 119 Å². The van der Waals surface area contributed by atoms with Crippen LogP contribution in [0.1, 0.15) is 19.3 Å². The Bertz CT molecular complexity index is 449. The van der Waals surface area contributed by atoms with Gasteiger partial charge in [-0.25, -0.2) is 8.42 Å². The van der Waals surface area contributed by atoms with Crippen molar-refractivity contribution in [1.29, 1.82) is 0 Å². The van der Waals surface area contributed by atoms with E-state index in [-0.39, 0.29) is 36.0 Å². The SMILES string of the molecule is COC(=O)CCCN(C)CC(=O)NC1CCS(=O)(=O)C1. The molecule has 0 spiro atoms. The van der Waals surface area contributed by atoms with E-state index in [4.69, 9.17) is 0 Å². The van der Waals surface area contributed by atoms with Crippen molar-refractivity contribution in [3.8, 4) is 0 Å². The maximum absolute atomic E-state index is 11.7. The number of carbonyl (C=O) groups excluding carboxylic acids is 2. The summed E-state index contributed by atoms with van der Waals surface area (Å²) < 4.78 is 27.1. The molecule has 116 valence electrons. The van der Waals surface area contributed by atoms with Gasteiger partial charge in [0.2, 0.25) is 5.91 Å². The van der Waals surface area contributed by atoms with Crippen molar-refractivity contribution in [2.24, 2.45) is 0 Å². The topological polar surface area (TPSA) is 92.8 Å². The number of esters is 1. The highest BCUT2D eigenvalue weighted by Gasteiger charge is 2.28. The Morgan fingerprint density at radius 3 is 2.65 bits per heavy atom. The molecule has 1 fully saturated rings. The summed E-state index contributed by atoms with van der Waals surface area (Å²) in [7, 11) is 0.147. The van der Waals surface area contributed by atoms with Gasteiger partial charge in [-0.2, -0.15) is 0 Å². The molecule has 0 aromatic carbocycles. The zero-order valence-corrected chi connectivity index (χ0v) is 12.7. The average molecular weight is 306 g/mol. The Kier molecular flexibility index (Phi) is 6.41. The summed E-state index contributed by atoms with van der Waals surface area (Å²) in [6.45, 7) is 0.795. The lowest BCUT2D eigenvalue weighted by atomic mass is 10.2. The number of rotatable bonds is 7. The third-order valence-corrected chi connectivity index (χ3v) is 4.93. The van der Waals surface area contributed by atoms with Crippen LogP contribution in [-0.4, -0.2) is 70.0 Å². The highest BCUT2D eigenvalue weighted by Crippen LogP contribution is 2.11. The monoisotopic (exact) mass is 306 g/mol. The minimum Gasteiger partial charge on any atom is -0.469 e. The number of hydrogen-bond acceptors (Lipinski definition) is 6. The summed E-state index contributed by atoms with van der Waals surface area (Å²) in [5.74, 6) is -0.274. The number of likely N-dealkylation sites (N-methyl/N-ethyl adjacent to an activating group) is 1. The molecular formula is C12H22N2O5S. The lowest BCUT2D eigenvalue weighted by molar-refractivity contribution is -0.140. The number of hydrogen-bond donors (Lipinski definition) is 1. The first-order chi connectivity index (χ1) is 9.32. The summed E-state index contributed by atoms with van der Waals surface area (Å²) in [4.78, 5) is 24.5. The maximum atomic E-state index is 11.7. The van der Waals surface area contributed by atoms with Gasteiger partial charge in [0.05, 0.1) is 25.2 Å². The molecule has 1 atom stereocenters. The van der Waals surface area contributed by atoms with Crippen LogP contribution in [0.5, 0.6) is 0 Å². The number of nitrogens with zero attached hydrogens (tertiary/aromatic N) is 1. The minimum atomic E-state index is -2.98. The van der Waals surface area contributed by atoms with Gasteiger partial charge in [0.15, 0.2) is 9.84 Å². The Hall–Kier alpha value is -1.15. The number of ether oxygens (including phenoxy) is 1.